The first-order valence-corrected chi connectivity index (χ1v) is 15.2. The van der Waals surface area contributed by atoms with Gasteiger partial charge in [-0.1, -0.05) is 11.2 Å². The van der Waals surface area contributed by atoms with Crippen molar-refractivity contribution in [2.45, 2.75) is 58.5 Å². The SMILES string of the molecule is CCOC(=O)C(C)(C)Oc1ccc(-c2noc(CN3CCN(C[C@H](O)COC4C=c5nc(C)sc5=CC4)CC3)n2)cc1. The lowest BCUT2D eigenvalue weighted by atomic mass is 10.1. The van der Waals surface area contributed by atoms with Crippen LogP contribution in [0.1, 0.15) is 38.1 Å². The van der Waals surface area contributed by atoms with Gasteiger partial charge in [-0.25, -0.2) is 9.78 Å². The summed E-state index contributed by atoms with van der Waals surface area (Å²) in [7, 11) is 0. The molecule has 3 heterocycles. The number of aliphatic hydroxyl groups excluding tert-OH is 1. The van der Waals surface area contributed by atoms with Gasteiger partial charge >= 0.3 is 5.97 Å². The van der Waals surface area contributed by atoms with E-state index in [4.69, 9.17) is 18.7 Å². The Balaban J connectivity index is 1.04. The van der Waals surface area contributed by atoms with Crippen LogP contribution in [0.4, 0.5) is 0 Å². The summed E-state index contributed by atoms with van der Waals surface area (Å²) in [6, 6.07) is 7.21. The number of benzene rings is 1. The largest absolute Gasteiger partial charge is 0.476 e. The zero-order valence-corrected chi connectivity index (χ0v) is 25.4. The molecular weight excluding hydrogens is 558 g/mol. The standard InChI is InChI=1S/C30H39N5O6S/c1-5-38-29(37)30(3,4)40-23-8-6-21(7-9-23)28-32-27(41-33-28)18-35-14-12-34(13-15-35)17-22(36)19-39-24-10-11-26-25(16-24)31-20(2)42-26/h6-9,11,16,22,24,36H,5,10,12-15,17-19H2,1-4H3/t22-,24?/m0/s1. The summed E-state index contributed by atoms with van der Waals surface area (Å²) in [6.07, 6.45) is 4.46. The normalized spacial score (nSPS) is 18.5. The fourth-order valence-electron chi connectivity index (χ4n) is 4.96. The molecule has 1 aliphatic heterocycles. The third-order valence-electron chi connectivity index (χ3n) is 7.18. The Hall–Kier alpha value is -3.16. The molecule has 3 aromatic rings. The maximum Gasteiger partial charge on any atom is 0.349 e. The lowest BCUT2D eigenvalue weighted by molar-refractivity contribution is -0.158. The number of ether oxygens (including phenoxy) is 3. The van der Waals surface area contributed by atoms with Crippen molar-refractivity contribution in [3.05, 3.63) is 45.0 Å². The van der Waals surface area contributed by atoms with Crippen LogP contribution < -0.4 is 14.6 Å². The second-order valence-corrected chi connectivity index (χ2v) is 12.3. The van der Waals surface area contributed by atoms with Gasteiger partial charge in [-0.3, -0.25) is 9.80 Å². The molecular formula is C30H39N5O6S. The van der Waals surface area contributed by atoms with E-state index in [9.17, 15) is 9.90 Å². The second kappa shape index (κ2) is 13.4. The zero-order valence-electron chi connectivity index (χ0n) is 24.6. The predicted octanol–water partition coefficient (Wildman–Crippen LogP) is 1.75. The van der Waals surface area contributed by atoms with Gasteiger partial charge in [0.05, 0.1) is 46.9 Å². The Morgan fingerprint density at radius 2 is 1.90 bits per heavy atom. The molecule has 5 rings (SSSR count). The van der Waals surface area contributed by atoms with Crippen LogP contribution in [0.2, 0.25) is 0 Å². The highest BCUT2D eigenvalue weighted by molar-refractivity contribution is 7.09. The summed E-state index contributed by atoms with van der Waals surface area (Å²) in [5.41, 5.74) is -0.302. The van der Waals surface area contributed by atoms with Crippen LogP contribution >= 0.6 is 11.3 Å². The van der Waals surface area contributed by atoms with Gasteiger partial charge in [0.1, 0.15) is 5.75 Å². The van der Waals surface area contributed by atoms with Gasteiger partial charge in [0, 0.05) is 38.3 Å². The number of carbonyl (C=O) groups is 1. The lowest BCUT2D eigenvalue weighted by Crippen LogP contribution is -2.48. The molecule has 1 aliphatic carbocycles. The van der Waals surface area contributed by atoms with Crippen LogP contribution in [0.25, 0.3) is 23.5 Å². The molecule has 226 valence electrons. The average Bonchev–Trinajstić information content (AvgIpc) is 3.58. The quantitative estimate of drug-likeness (QED) is 0.307. The molecule has 2 atom stereocenters. The first kappa shape index (κ1) is 30.3. The van der Waals surface area contributed by atoms with Crippen molar-refractivity contribution in [3.8, 4) is 17.1 Å². The molecule has 0 bridgehead atoms. The lowest BCUT2D eigenvalue weighted by Gasteiger charge is -2.35. The number of thiazole rings is 1. The molecule has 42 heavy (non-hydrogen) atoms. The number of rotatable bonds is 12. The van der Waals surface area contributed by atoms with Crippen LogP contribution in [0.3, 0.4) is 0 Å². The van der Waals surface area contributed by atoms with E-state index in [0.717, 1.165) is 48.5 Å². The molecule has 1 aromatic carbocycles. The van der Waals surface area contributed by atoms with E-state index in [1.165, 1.54) is 4.53 Å². The number of esters is 1. The van der Waals surface area contributed by atoms with Crippen molar-refractivity contribution < 1.29 is 28.6 Å². The monoisotopic (exact) mass is 597 g/mol. The smallest absolute Gasteiger partial charge is 0.349 e. The van der Waals surface area contributed by atoms with E-state index in [1.54, 1.807) is 44.2 Å². The fraction of sp³-hybridized carbons (Fsp3) is 0.533. The first-order chi connectivity index (χ1) is 20.2. The maximum absolute atomic E-state index is 12.1. The molecule has 0 radical (unpaired) electrons. The minimum atomic E-state index is -1.09. The minimum absolute atomic E-state index is 0.0421. The van der Waals surface area contributed by atoms with E-state index in [1.807, 2.05) is 19.1 Å². The van der Waals surface area contributed by atoms with Crippen LogP contribution in [-0.4, -0.2) is 99.7 Å². The van der Waals surface area contributed by atoms with Crippen molar-refractivity contribution in [2.75, 3.05) is 45.9 Å². The van der Waals surface area contributed by atoms with Crippen LogP contribution in [0.5, 0.6) is 5.75 Å². The minimum Gasteiger partial charge on any atom is -0.476 e. The number of aliphatic hydroxyl groups is 1. The number of aromatic nitrogens is 3. The summed E-state index contributed by atoms with van der Waals surface area (Å²) >= 11 is 1.70. The third-order valence-corrected chi connectivity index (χ3v) is 8.17. The summed E-state index contributed by atoms with van der Waals surface area (Å²) in [5, 5.41) is 16.8. The van der Waals surface area contributed by atoms with E-state index < -0.39 is 17.7 Å². The maximum atomic E-state index is 12.1. The van der Waals surface area contributed by atoms with Crippen molar-refractivity contribution in [3.63, 3.8) is 0 Å². The topological polar surface area (TPSA) is 123 Å². The van der Waals surface area contributed by atoms with Gasteiger partial charge < -0.3 is 23.8 Å². The van der Waals surface area contributed by atoms with Gasteiger partial charge in [-0.15, -0.1) is 11.3 Å². The van der Waals surface area contributed by atoms with Crippen molar-refractivity contribution in [1.29, 1.82) is 0 Å². The van der Waals surface area contributed by atoms with Gasteiger partial charge in [0.2, 0.25) is 11.7 Å². The Morgan fingerprint density at radius 1 is 1.17 bits per heavy atom. The van der Waals surface area contributed by atoms with E-state index in [0.29, 0.717) is 43.8 Å². The number of β-amino-alcohol motifs (C(OH)–C–C–N with tert-alkyl or cyclic N) is 1. The molecule has 1 N–H and O–H groups in total. The molecule has 0 spiro atoms. The van der Waals surface area contributed by atoms with Gasteiger partial charge in [0.15, 0.2) is 5.60 Å². The Morgan fingerprint density at radius 3 is 2.64 bits per heavy atom. The molecule has 12 heteroatoms. The Labute approximate surface area is 249 Å². The molecule has 0 saturated carbocycles. The molecule has 11 nitrogen and oxygen atoms in total. The molecule has 0 amide bonds. The zero-order chi connectivity index (χ0) is 29.7. The number of fused-ring (bicyclic) bond motifs is 1. The molecule has 2 aliphatic rings. The summed E-state index contributed by atoms with van der Waals surface area (Å²) in [6.45, 7) is 12.2. The highest BCUT2D eigenvalue weighted by atomic mass is 32.1. The molecule has 1 fully saturated rings. The third kappa shape index (κ3) is 7.81. The van der Waals surface area contributed by atoms with E-state index in [2.05, 4.69) is 37.1 Å². The summed E-state index contributed by atoms with van der Waals surface area (Å²) < 4.78 is 23.6. The first-order valence-electron chi connectivity index (χ1n) is 14.4. The van der Waals surface area contributed by atoms with Crippen LogP contribution in [0, 0.1) is 6.92 Å². The van der Waals surface area contributed by atoms with Gasteiger partial charge in [0.25, 0.3) is 0 Å². The van der Waals surface area contributed by atoms with Crippen molar-refractivity contribution in [1.82, 2.24) is 24.9 Å². The average molecular weight is 598 g/mol. The number of nitrogens with zero attached hydrogens (tertiary/aromatic N) is 5. The molecule has 1 saturated heterocycles. The van der Waals surface area contributed by atoms with Gasteiger partial charge in [-0.05, 0) is 64.5 Å². The molecule has 2 aromatic heterocycles. The number of hydrogen-bond donors (Lipinski definition) is 1. The summed E-state index contributed by atoms with van der Waals surface area (Å²) in [5.74, 6) is 1.18. The predicted molar refractivity (Wildman–Crippen MR) is 158 cm³/mol. The van der Waals surface area contributed by atoms with Crippen LogP contribution in [0.15, 0.2) is 28.8 Å². The highest BCUT2D eigenvalue weighted by Crippen LogP contribution is 2.24. The number of piperazine rings is 1. The highest BCUT2D eigenvalue weighted by Gasteiger charge is 2.31. The molecule has 1 unspecified atom stereocenters. The van der Waals surface area contributed by atoms with E-state index >= 15 is 0 Å². The second-order valence-electron chi connectivity index (χ2n) is 11.1. The van der Waals surface area contributed by atoms with Crippen molar-refractivity contribution >= 4 is 29.5 Å². The Bertz CT molecular complexity index is 1460. The fourth-order valence-corrected chi connectivity index (χ4v) is 5.82. The number of hydrogen-bond acceptors (Lipinski definition) is 12. The number of aryl methyl sites for hydroxylation is 1. The Kier molecular flexibility index (Phi) is 9.69. The van der Waals surface area contributed by atoms with Crippen LogP contribution in [-0.2, 0) is 20.8 Å². The van der Waals surface area contributed by atoms with Gasteiger partial charge in [-0.2, -0.15) is 4.98 Å². The number of carbonyl (C=O) groups excluding carboxylic acids is 1. The summed E-state index contributed by atoms with van der Waals surface area (Å²) in [4.78, 5) is 25.7. The van der Waals surface area contributed by atoms with Crippen molar-refractivity contribution in [2.24, 2.45) is 0 Å². The van der Waals surface area contributed by atoms with E-state index in [-0.39, 0.29) is 6.10 Å².